The zero-order valence-electron chi connectivity index (χ0n) is 13.7. The van der Waals surface area contributed by atoms with Gasteiger partial charge in [0.05, 0.1) is 17.0 Å². The highest BCUT2D eigenvalue weighted by atomic mass is 16.6. The standard InChI is InChI=1S/C20H12O7/c21-7-3-1-5-6-2-4-8(22)11-12(6)20(25,19-18(27-19)15(11)24)13-9(5)10(7)14(23)17-16(13)26-17/h1-4,13,16-19,21-22,25H/t13-,16+,17-,18?,19?,20-/m0/s1. The third-order valence-electron chi connectivity index (χ3n) is 6.67. The molecule has 7 rings (SSSR count). The summed E-state index contributed by atoms with van der Waals surface area (Å²) in [5.41, 5.74) is 0.715. The van der Waals surface area contributed by atoms with Gasteiger partial charge in [-0.25, -0.2) is 0 Å². The Hall–Kier alpha value is -2.74. The molecule has 6 atom stereocenters. The Bertz CT molecular complexity index is 1150. The third kappa shape index (κ3) is 1.32. The lowest BCUT2D eigenvalue weighted by Gasteiger charge is -2.45. The van der Waals surface area contributed by atoms with Crippen molar-refractivity contribution in [2.75, 3.05) is 0 Å². The van der Waals surface area contributed by atoms with Crippen molar-refractivity contribution in [2.45, 2.75) is 35.9 Å². The predicted octanol–water partition coefficient (Wildman–Crippen LogP) is 0.977. The molecule has 5 aliphatic rings. The van der Waals surface area contributed by atoms with Crippen LogP contribution >= 0.6 is 0 Å². The van der Waals surface area contributed by atoms with Crippen LogP contribution in [0.1, 0.15) is 37.8 Å². The molecule has 7 nitrogen and oxygen atoms in total. The molecule has 2 aromatic carbocycles. The van der Waals surface area contributed by atoms with Crippen molar-refractivity contribution >= 4 is 11.6 Å². The molecule has 2 aromatic rings. The Morgan fingerprint density at radius 3 is 2.30 bits per heavy atom. The highest BCUT2D eigenvalue weighted by Crippen LogP contribution is 2.66. The zero-order valence-corrected chi connectivity index (χ0v) is 13.7. The van der Waals surface area contributed by atoms with Crippen molar-refractivity contribution in [2.24, 2.45) is 0 Å². The molecular weight excluding hydrogens is 352 g/mol. The SMILES string of the molecule is O=C1c2c(O)ccc3c2[C@@](O)(C2OC12)[C@H]1c2c-3ccc(O)c2C(=O)[C@@H]2O[C@@H]21. The average Bonchev–Trinajstić information content (AvgIpc) is 3.52. The van der Waals surface area contributed by atoms with E-state index in [4.69, 9.17) is 9.47 Å². The van der Waals surface area contributed by atoms with Gasteiger partial charge in [0.15, 0.2) is 17.7 Å². The first kappa shape index (κ1) is 14.3. The first-order chi connectivity index (χ1) is 12.9. The summed E-state index contributed by atoms with van der Waals surface area (Å²) in [5, 5.41) is 32.6. The fourth-order valence-corrected chi connectivity index (χ4v) is 5.54. The van der Waals surface area contributed by atoms with Gasteiger partial charge in [-0.2, -0.15) is 0 Å². The van der Waals surface area contributed by atoms with Gasteiger partial charge in [-0.3, -0.25) is 9.59 Å². The normalized spacial score (nSPS) is 38.5. The van der Waals surface area contributed by atoms with E-state index in [0.29, 0.717) is 22.3 Å². The van der Waals surface area contributed by atoms with Crippen LogP contribution in [-0.2, 0) is 15.1 Å². The van der Waals surface area contributed by atoms with Crippen LogP contribution in [-0.4, -0.2) is 51.3 Å². The summed E-state index contributed by atoms with van der Waals surface area (Å²) in [6.45, 7) is 0. The lowest BCUT2D eigenvalue weighted by Crippen LogP contribution is -2.51. The van der Waals surface area contributed by atoms with E-state index in [9.17, 15) is 24.9 Å². The largest absolute Gasteiger partial charge is 0.507 e. The molecule has 2 heterocycles. The number of phenols is 2. The molecule has 27 heavy (non-hydrogen) atoms. The fourth-order valence-electron chi connectivity index (χ4n) is 5.54. The number of benzene rings is 2. The maximum Gasteiger partial charge on any atom is 0.198 e. The van der Waals surface area contributed by atoms with Gasteiger partial charge in [0.1, 0.15) is 35.4 Å². The summed E-state index contributed by atoms with van der Waals surface area (Å²) in [6.07, 6.45) is -2.84. The van der Waals surface area contributed by atoms with E-state index in [2.05, 4.69) is 0 Å². The van der Waals surface area contributed by atoms with Crippen LogP contribution in [0.15, 0.2) is 24.3 Å². The van der Waals surface area contributed by atoms with Gasteiger partial charge in [0.2, 0.25) is 0 Å². The van der Waals surface area contributed by atoms with E-state index in [1.165, 1.54) is 12.1 Å². The lowest BCUT2D eigenvalue weighted by molar-refractivity contribution is -0.0304. The van der Waals surface area contributed by atoms with E-state index in [1.807, 2.05) is 0 Å². The van der Waals surface area contributed by atoms with Crippen LogP contribution in [0.2, 0.25) is 0 Å². The molecule has 3 aliphatic carbocycles. The van der Waals surface area contributed by atoms with Crippen molar-refractivity contribution in [3.63, 3.8) is 0 Å². The van der Waals surface area contributed by atoms with Crippen molar-refractivity contribution in [1.29, 1.82) is 0 Å². The number of carbonyl (C=O) groups is 2. The number of aromatic hydroxyl groups is 2. The molecule has 0 amide bonds. The summed E-state index contributed by atoms with van der Waals surface area (Å²) in [7, 11) is 0. The first-order valence-electron chi connectivity index (χ1n) is 8.79. The predicted molar refractivity (Wildman–Crippen MR) is 87.8 cm³/mol. The average molecular weight is 364 g/mol. The fraction of sp³-hybridized carbons (Fsp3) is 0.300. The quantitative estimate of drug-likeness (QED) is 0.596. The number of rotatable bonds is 0. The lowest BCUT2D eigenvalue weighted by atomic mass is 9.58. The first-order valence-corrected chi connectivity index (χ1v) is 8.79. The van der Waals surface area contributed by atoms with Gasteiger partial charge in [0, 0.05) is 5.56 Å². The Labute approximate surface area is 151 Å². The Morgan fingerprint density at radius 2 is 1.52 bits per heavy atom. The molecule has 134 valence electrons. The molecular formula is C20H12O7. The molecule has 0 aromatic heterocycles. The molecule has 7 heteroatoms. The maximum absolute atomic E-state index is 12.7. The topological polar surface area (TPSA) is 120 Å². The van der Waals surface area contributed by atoms with Gasteiger partial charge in [-0.05, 0) is 28.8 Å². The molecule has 0 bridgehead atoms. The third-order valence-corrected chi connectivity index (χ3v) is 6.67. The van der Waals surface area contributed by atoms with Gasteiger partial charge in [-0.15, -0.1) is 0 Å². The number of epoxide rings is 2. The van der Waals surface area contributed by atoms with Crippen LogP contribution in [0.25, 0.3) is 11.1 Å². The van der Waals surface area contributed by atoms with E-state index >= 15 is 0 Å². The van der Waals surface area contributed by atoms with Crippen LogP contribution < -0.4 is 0 Å². The molecule has 0 saturated carbocycles. The van der Waals surface area contributed by atoms with Crippen molar-refractivity contribution in [1.82, 2.24) is 0 Å². The van der Waals surface area contributed by atoms with Crippen molar-refractivity contribution < 1.29 is 34.4 Å². The van der Waals surface area contributed by atoms with Crippen molar-refractivity contribution in [3.05, 3.63) is 46.5 Å². The molecule has 2 aliphatic heterocycles. The number of ether oxygens (including phenoxy) is 2. The number of fused-ring (bicyclic) bond motifs is 6. The van der Waals surface area contributed by atoms with E-state index in [-0.39, 0.29) is 34.2 Å². The number of ketones is 2. The zero-order chi connectivity index (χ0) is 18.4. The number of phenolic OH excluding ortho intramolecular Hbond substituents is 2. The summed E-state index contributed by atoms with van der Waals surface area (Å²) in [5.74, 6) is -1.65. The van der Waals surface area contributed by atoms with Crippen LogP contribution in [0.5, 0.6) is 11.5 Å². The molecule has 2 fully saturated rings. The van der Waals surface area contributed by atoms with Gasteiger partial charge >= 0.3 is 0 Å². The van der Waals surface area contributed by atoms with E-state index in [0.717, 1.165) is 0 Å². The summed E-state index contributed by atoms with van der Waals surface area (Å²) in [6, 6.07) is 6.16. The van der Waals surface area contributed by atoms with E-state index < -0.39 is 35.9 Å². The second-order valence-electron chi connectivity index (χ2n) is 7.83. The number of Topliss-reactive ketones (excluding diaryl/α,β-unsaturated/α-hetero) is 2. The Balaban J connectivity index is 1.68. The monoisotopic (exact) mass is 364 g/mol. The summed E-state index contributed by atoms with van der Waals surface area (Å²) in [4.78, 5) is 25.4. The minimum atomic E-state index is -1.61. The van der Waals surface area contributed by atoms with Gasteiger partial charge < -0.3 is 24.8 Å². The van der Waals surface area contributed by atoms with Gasteiger partial charge in [-0.1, -0.05) is 12.1 Å². The maximum atomic E-state index is 12.7. The summed E-state index contributed by atoms with van der Waals surface area (Å²) < 4.78 is 11.1. The highest BCUT2D eigenvalue weighted by molar-refractivity contribution is 6.12. The van der Waals surface area contributed by atoms with Crippen molar-refractivity contribution in [3.8, 4) is 22.6 Å². The summed E-state index contributed by atoms with van der Waals surface area (Å²) >= 11 is 0. The molecule has 0 spiro atoms. The minimum absolute atomic E-state index is 0.0723. The van der Waals surface area contributed by atoms with Crippen LogP contribution in [0, 0.1) is 0 Å². The van der Waals surface area contributed by atoms with Crippen LogP contribution in [0.4, 0.5) is 0 Å². The Morgan fingerprint density at radius 1 is 0.852 bits per heavy atom. The number of aliphatic hydroxyl groups is 1. The van der Waals surface area contributed by atoms with Gasteiger partial charge in [0.25, 0.3) is 0 Å². The molecule has 2 unspecified atom stereocenters. The molecule has 3 N–H and O–H groups in total. The minimum Gasteiger partial charge on any atom is -0.507 e. The number of hydrogen-bond acceptors (Lipinski definition) is 7. The molecule has 0 radical (unpaired) electrons. The number of carbonyl (C=O) groups excluding carboxylic acids is 2. The second kappa shape index (κ2) is 3.91. The second-order valence-corrected chi connectivity index (χ2v) is 7.83. The highest BCUT2D eigenvalue weighted by Gasteiger charge is 2.74. The Kier molecular flexibility index (Phi) is 2.08. The molecule has 2 saturated heterocycles. The number of hydrogen-bond donors (Lipinski definition) is 3. The van der Waals surface area contributed by atoms with E-state index in [1.54, 1.807) is 12.1 Å². The smallest absolute Gasteiger partial charge is 0.198 e. The van der Waals surface area contributed by atoms with Crippen LogP contribution in [0.3, 0.4) is 0 Å².